The van der Waals surface area contributed by atoms with Gasteiger partial charge in [0.15, 0.2) is 0 Å². The van der Waals surface area contributed by atoms with Gasteiger partial charge in [-0.25, -0.2) is 0 Å². The second-order valence-corrected chi connectivity index (χ2v) is 9.84. The predicted molar refractivity (Wildman–Crippen MR) is 121 cm³/mol. The van der Waals surface area contributed by atoms with Crippen molar-refractivity contribution in [1.82, 2.24) is 15.1 Å². The molecule has 1 aliphatic carbocycles. The van der Waals surface area contributed by atoms with E-state index in [1.807, 2.05) is 14.1 Å². The first kappa shape index (κ1) is 22.3. The van der Waals surface area contributed by atoms with Crippen LogP contribution in [0.3, 0.4) is 0 Å². The van der Waals surface area contributed by atoms with Crippen LogP contribution in [-0.4, -0.2) is 75.1 Å². The highest BCUT2D eigenvalue weighted by atomic mass is 16.5. The average molecular weight is 428 g/mol. The van der Waals surface area contributed by atoms with Crippen LogP contribution in [-0.2, 0) is 19.7 Å². The van der Waals surface area contributed by atoms with Crippen molar-refractivity contribution in [3.05, 3.63) is 35.4 Å². The zero-order valence-corrected chi connectivity index (χ0v) is 19.1. The highest BCUT2D eigenvalue weighted by Crippen LogP contribution is 2.52. The van der Waals surface area contributed by atoms with Gasteiger partial charge in [0.25, 0.3) is 0 Å². The number of piperidine rings is 1. The molecule has 4 rings (SSSR count). The van der Waals surface area contributed by atoms with Crippen LogP contribution in [0.2, 0.25) is 0 Å². The lowest BCUT2D eigenvalue weighted by molar-refractivity contribution is -0.140. The minimum absolute atomic E-state index is 0.109. The van der Waals surface area contributed by atoms with E-state index < -0.39 is 0 Å². The summed E-state index contributed by atoms with van der Waals surface area (Å²) in [5, 5.41) is 3.08. The molecule has 1 atom stereocenters. The summed E-state index contributed by atoms with van der Waals surface area (Å²) < 4.78 is 5.43. The van der Waals surface area contributed by atoms with Gasteiger partial charge in [0.1, 0.15) is 0 Å². The van der Waals surface area contributed by atoms with Crippen LogP contribution in [0, 0.1) is 5.92 Å². The summed E-state index contributed by atoms with van der Waals surface area (Å²) in [5.41, 5.74) is 2.87. The SMILES string of the molecule is CN(C)CCNC(=O)C[C@H]1CC2(CCN(C(=O)C3CCOCC3)CC2)c2ccccc21. The Kier molecular flexibility index (Phi) is 6.97. The Balaban J connectivity index is 1.39. The summed E-state index contributed by atoms with van der Waals surface area (Å²) in [4.78, 5) is 29.7. The summed E-state index contributed by atoms with van der Waals surface area (Å²) in [6.45, 7) is 4.61. The summed E-state index contributed by atoms with van der Waals surface area (Å²) >= 11 is 0. The second-order valence-electron chi connectivity index (χ2n) is 9.84. The van der Waals surface area contributed by atoms with Gasteiger partial charge in [0, 0.05) is 51.7 Å². The Morgan fingerprint density at radius 1 is 1.16 bits per heavy atom. The molecule has 2 saturated heterocycles. The fourth-order valence-electron chi connectivity index (χ4n) is 5.76. The molecule has 2 heterocycles. The molecule has 0 aromatic heterocycles. The van der Waals surface area contributed by atoms with Crippen LogP contribution in [0.5, 0.6) is 0 Å². The van der Waals surface area contributed by atoms with Crippen molar-refractivity contribution in [3.8, 4) is 0 Å². The van der Waals surface area contributed by atoms with Crippen molar-refractivity contribution in [2.45, 2.75) is 49.9 Å². The van der Waals surface area contributed by atoms with Crippen molar-refractivity contribution in [2.75, 3.05) is 53.5 Å². The minimum atomic E-state index is 0.109. The molecule has 2 aliphatic heterocycles. The Labute approximate surface area is 186 Å². The van der Waals surface area contributed by atoms with Gasteiger partial charge in [0.2, 0.25) is 11.8 Å². The number of amides is 2. The highest BCUT2D eigenvalue weighted by molar-refractivity contribution is 5.79. The number of nitrogens with zero attached hydrogens (tertiary/aromatic N) is 2. The standard InChI is InChI=1S/C25H37N3O3/c1-27(2)14-11-26-23(29)17-20-18-25(22-6-4-3-5-21(20)22)9-12-28(13-10-25)24(30)19-7-15-31-16-8-19/h3-6,19-20H,7-18H2,1-2H3,(H,26,29)/t20-/m0/s1. The zero-order chi connectivity index (χ0) is 21.8. The Hall–Kier alpha value is -1.92. The summed E-state index contributed by atoms with van der Waals surface area (Å²) in [6.07, 6.45) is 5.28. The van der Waals surface area contributed by atoms with Gasteiger partial charge in [-0.3, -0.25) is 9.59 Å². The summed E-state index contributed by atoms with van der Waals surface area (Å²) in [6, 6.07) is 8.69. The maximum Gasteiger partial charge on any atom is 0.225 e. The minimum Gasteiger partial charge on any atom is -0.381 e. The Morgan fingerprint density at radius 2 is 1.87 bits per heavy atom. The molecule has 0 unspecified atom stereocenters. The molecule has 1 aromatic carbocycles. The third kappa shape index (κ3) is 4.96. The predicted octanol–water partition coefficient (Wildman–Crippen LogP) is 2.53. The monoisotopic (exact) mass is 427 g/mol. The van der Waals surface area contributed by atoms with Crippen LogP contribution in [0.4, 0.5) is 0 Å². The number of rotatable bonds is 6. The number of hydrogen-bond donors (Lipinski definition) is 1. The molecular formula is C25H37N3O3. The van der Waals surface area contributed by atoms with Crippen molar-refractivity contribution < 1.29 is 14.3 Å². The first-order valence-electron chi connectivity index (χ1n) is 11.9. The van der Waals surface area contributed by atoms with Gasteiger partial charge < -0.3 is 19.9 Å². The van der Waals surface area contributed by atoms with Crippen molar-refractivity contribution in [2.24, 2.45) is 5.92 Å². The zero-order valence-electron chi connectivity index (χ0n) is 19.1. The van der Waals surface area contributed by atoms with E-state index in [2.05, 4.69) is 39.4 Å². The quantitative estimate of drug-likeness (QED) is 0.758. The van der Waals surface area contributed by atoms with Crippen molar-refractivity contribution in [1.29, 1.82) is 0 Å². The molecular weight excluding hydrogens is 390 g/mol. The molecule has 31 heavy (non-hydrogen) atoms. The molecule has 3 aliphatic rings. The molecule has 1 N–H and O–H groups in total. The topological polar surface area (TPSA) is 61.9 Å². The molecule has 0 radical (unpaired) electrons. The summed E-state index contributed by atoms with van der Waals surface area (Å²) in [5.74, 6) is 0.873. The third-order valence-electron chi connectivity index (χ3n) is 7.52. The van der Waals surface area contributed by atoms with E-state index in [9.17, 15) is 9.59 Å². The van der Waals surface area contributed by atoms with Crippen LogP contribution < -0.4 is 5.32 Å². The van der Waals surface area contributed by atoms with Gasteiger partial charge in [-0.1, -0.05) is 24.3 Å². The van der Waals surface area contributed by atoms with Crippen LogP contribution in [0.1, 0.15) is 55.6 Å². The molecule has 170 valence electrons. The van der Waals surface area contributed by atoms with E-state index >= 15 is 0 Å². The number of carbonyl (C=O) groups excluding carboxylic acids is 2. The number of fused-ring (bicyclic) bond motifs is 2. The maximum absolute atomic E-state index is 13.0. The molecule has 2 amide bonds. The van der Waals surface area contributed by atoms with E-state index in [1.54, 1.807) is 0 Å². The summed E-state index contributed by atoms with van der Waals surface area (Å²) in [7, 11) is 4.03. The van der Waals surface area contributed by atoms with Gasteiger partial charge in [-0.2, -0.15) is 0 Å². The molecule has 0 saturated carbocycles. The molecule has 6 nitrogen and oxygen atoms in total. The average Bonchev–Trinajstić information content (AvgIpc) is 3.07. The van der Waals surface area contributed by atoms with Crippen molar-refractivity contribution >= 4 is 11.8 Å². The fraction of sp³-hybridized carbons (Fsp3) is 0.680. The smallest absolute Gasteiger partial charge is 0.225 e. The number of ether oxygens (including phenoxy) is 1. The van der Waals surface area contributed by atoms with E-state index in [-0.39, 0.29) is 23.2 Å². The lowest BCUT2D eigenvalue weighted by atomic mass is 9.73. The molecule has 6 heteroatoms. The number of likely N-dealkylation sites (tertiary alicyclic amines) is 1. The molecule has 0 bridgehead atoms. The Morgan fingerprint density at radius 3 is 2.58 bits per heavy atom. The lowest BCUT2D eigenvalue weighted by Gasteiger charge is -2.41. The largest absolute Gasteiger partial charge is 0.381 e. The van der Waals surface area contributed by atoms with Gasteiger partial charge in [0.05, 0.1) is 0 Å². The number of benzene rings is 1. The number of nitrogens with one attached hydrogen (secondary N) is 1. The maximum atomic E-state index is 13.0. The van der Waals surface area contributed by atoms with E-state index in [0.717, 1.165) is 51.7 Å². The fourth-order valence-corrected chi connectivity index (χ4v) is 5.76. The second kappa shape index (κ2) is 9.70. The number of carbonyl (C=O) groups is 2. The third-order valence-corrected chi connectivity index (χ3v) is 7.52. The van der Waals surface area contributed by atoms with Crippen molar-refractivity contribution in [3.63, 3.8) is 0 Å². The molecule has 1 spiro atoms. The molecule has 1 aromatic rings. The van der Waals surface area contributed by atoms with Gasteiger partial charge in [-0.05, 0) is 68.7 Å². The Bertz CT molecular complexity index is 780. The lowest BCUT2D eigenvalue weighted by Crippen LogP contribution is -2.47. The highest BCUT2D eigenvalue weighted by Gasteiger charge is 2.46. The van der Waals surface area contributed by atoms with Crippen LogP contribution in [0.25, 0.3) is 0 Å². The van der Waals surface area contributed by atoms with Crippen LogP contribution in [0.15, 0.2) is 24.3 Å². The first-order chi connectivity index (χ1) is 15.0. The normalized spacial score (nSPS) is 23.2. The van der Waals surface area contributed by atoms with Crippen LogP contribution >= 0.6 is 0 Å². The van der Waals surface area contributed by atoms with Gasteiger partial charge >= 0.3 is 0 Å². The van der Waals surface area contributed by atoms with E-state index in [4.69, 9.17) is 4.74 Å². The van der Waals surface area contributed by atoms with Gasteiger partial charge in [-0.15, -0.1) is 0 Å². The van der Waals surface area contributed by atoms with E-state index in [1.165, 1.54) is 11.1 Å². The number of likely N-dealkylation sites (N-methyl/N-ethyl adjacent to an activating group) is 1. The molecule has 2 fully saturated rings. The van der Waals surface area contributed by atoms with E-state index in [0.29, 0.717) is 32.1 Å². The first-order valence-corrected chi connectivity index (χ1v) is 11.9. The number of hydrogen-bond acceptors (Lipinski definition) is 4.